The first-order valence-electron chi connectivity index (χ1n) is 8.20. The van der Waals surface area contributed by atoms with E-state index >= 15 is 0 Å². The Morgan fingerprint density at radius 2 is 1.96 bits per heavy atom. The highest BCUT2D eigenvalue weighted by molar-refractivity contribution is 5.87. The standard InChI is InChI=1S/C20H23N3/c1-4-15-8-6-7-9-17(15)19-11-22-14(3)18(19)10-16(5-2)20-12-21-13-23-20/h6-13,22H,4-5H2,1-3H3,(H,21,23)/b16-10+. The van der Waals surface area contributed by atoms with Gasteiger partial charge in [0.05, 0.1) is 12.0 Å². The Morgan fingerprint density at radius 3 is 2.65 bits per heavy atom. The lowest BCUT2D eigenvalue weighted by Crippen LogP contribution is -1.89. The van der Waals surface area contributed by atoms with E-state index in [1.807, 2.05) is 6.20 Å². The van der Waals surface area contributed by atoms with Gasteiger partial charge < -0.3 is 9.97 Å². The van der Waals surface area contributed by atoms with Crippen molar-refractivity contribution in [2.45, 2.75) is 33.6 Å². The summed E-state index contributed by atoms with van der Waals surface area (Å²) >= 11 is 0. The van der Waals surface area contributed by atoms with Crippen LogP contribution in [0.2, 0.25) is 0 Å². The van der Waals surface area contributed by atoms with E-state index < -0.39 is 0 Å². The van der Waals surface area contributed by atoms with Gasteiger partial charge in [-0.1, -0.05) is 38.1 Å². The minimum Gasteiger partial charge on any atom is -0.364 e. The summed E-state index contributed by atoms with van der Waals surface area (Å²) in [6, 6.07) is 8.63. The number of hydrogen-bond acceptors (Lipinski definition) is 1. The van der Waals surface area contributed by atoms with Gasteiger partial charge in [0.2, 0.25) is 0 Å². The van der Waals surface area contributed by atoms with E-state index in [0.717, 1.165) is 18.5 Å². The van der Waals surface area contributed by atoms with Crippen LogP contribution < -0.4 is 0 Å². The van der Waals surface area contributed by atoms with Crippen LogP contribution in [-0.4, -0.2) is 15.0 Å². The maximum atomic E-state index is 4.40. The Morgan fingerprint density at radius 1 is 1.13 bits per heavy atom. The van der Waals surface area contributed by atoms with Gasteiger partial charge in [0, 0.05) is 29.2 Å². The Kier molecular flexibility index (Phi) is 4.47. The number of imidazole rings is 1. The van der Waals surface area contributed by atoms with Crippen LogP contribution in [0.15, 0.2) is 43.0 Å². The quantitative estimate of drug-likeness (QED) is 0.666. The van der Waals surface area contributed by atoms with Crippen LogP contribution in [0.5, 0.6) is 0 Å². The Hall–Kier alpha value is -2.55. The van der Waals surface area contributed by atoms with Crippen LogP contribution in [0.1, 0.15) is 42.8 Å². The zero-order valence-electron chi connectivity index (χ0n) is 14.0. The molecule has 3 rings (SSSR count). The molecule has 1 aromatic carbocycles. The average molecular weight is 305 g/mol. The van der Waals surface area contributed by atoms with Crippen LogP contribution in [0.25, 0.3) is 22.8 Å². The third-order valence-corrected chi connectivity index (χ3v) is 4.34. The van der Waals surface area contributed by atoms with E-state index in [2.05, 4.69) is 72.3 Å². The summed E-state index contributed by atoms with van der Waals surface area (Å²) in [4.78, 5) is 10.8. The maximum Gasteiger partial charge on any atom is 0.0927 e. The van der Waals surface area contributed by atoms with Gasteiger partial charge in [0.1, 0.15) is 0 Å². The summed E-state index contributed by atoms with van der Waals surface area (Å²) < 4.78 is 0. The highest BCUT2D eigenvalue weighted by Crippen LogP contribution is 2.32. The minimum absolute atomic E-state index is 0.949. The van der Waals surface area contributed by atoms with Crippen LogP contribution in [0, 0.1) is 6.92 Å². The fraction of sp³-hybridized carbons (Fsp3) is 0.250. The number of nitrogens with zero attached hydrogens (tertiary/aromatic N) is 1. The summed E-state index contributed by atoms with van der Waals surface area (Å²) in [5.74, 6) is 0. The topological polar surface area (TPSA) is 44.5 Å². The summed E-state index contributed by atoms with van der Waals surface area (Å²) in [5, 5.41) is 0. The SMILES string of the molecule is CC/C(=C\c1c(-c2ccccc2CC)c[nH]c1C)c1c[nH]cn1. The van der Waals surface area contributed by atoms with Crippen molar-refractivity contribution in [3.8, 4) is 11.1 Å². The van der Waals surface area contributed by atoms with Crippen molar-refractivity contribution < 1.29 is 0 Å². The molecule has 23 heavy (non-hydrogen) atoms. The van der Waals surface area contributed by atoms with E-state index in [4.69, 9.17) is 0 Å². The lowest BCUT2D eigenvalue weighted by atomic mass is 9.95. The first kappa shape index (κ1) is 15.3. The van der Waals surface area contributed by atoms with E-state index in [9.17, 15) is 0 Å². The highest BCUT2D eigenvalue weighted by Gasteiger charge is 2.12. The summed E-state index contributed by atoms with van der Waals surface area (Å²) in [6.07, 6.45) is 10.1. The van der Waals surface area contributed by atoms with Gasteiger partial charge >= 0.3 is 0 Å². The predicted octanol–water partition coefficient (Wildman–Crippen LogP) is 5.23. The molecule has 0 aliphatic heterocycles. The molecular formula is C20H23N3. The third-order valence-electron chi connectivity index (χ3n) is 4.34. The van der Waals surface area contributed by atoms with Gasteiger partial charge in [-0.25, -0.2) is 4.98 Å². The van der Waals surface area contributed by atoms with E-state index in [-0.39, 0.29) is 0 Å². The van der Waals surface area contributed by atoms with E-state index in [0.29, 0.717) is 0 Å². The normalized spacial score (nSPS) is 11.9. The van der Waals surface area contributed by atoms with Crippen LogP contribution in [0.3, 0.4) is 0 Å². The molecule has 0 radical (unpaired) electrons. The zero-order chi connectivity index (χ0) is 16.2. The highest BCUT2D eigenvalue weighted by atomic mass is 14.9. The molecule has 0 unspecified atom stereocenters. The van der Waals surface area contributed by atoms with Crippen molar-refractivity contribution in [2.75, 3.05) is 0 Å². The van der Waals surface area contributed by atoms with Crippen LogP contribution in [0.4, 0.5) is 0 Å². The van der Waals surface area contributed by atoms with Crippen LogP contribution in [-0.2, 0) is 6.42 Å². The van der Waals surface area contributed by atoms with Crippen molar-refractivity contribution >= 4 is 11.6 Å². The number of aromatic nitrogens is 3. The molecule has 0 amide bonds. The second-order valence-corrected chi connectivity index (χ2v) is 5.73. The molecule has 0 saturated heterocycles. The Labute approximate surface area is 137 Å². The van der Waals surface area contributed by atoms with Crippen molar-refractivity contribution in [2.24, 2.45) is 0 Å². The molecule has 3 heteroatoms. The van der Waals surface area contributed by atoms with Crippen LogP contribution >= 0.6 is 0 Å². The number of allylic oxidation sites excluding steroid dienone is 1. The fourth-order valence-electron chi connectivity index (χ4n) is 3.01. The van der Waals surface area contributed by atoms with Gasteiger partial charge in [0.25, 0.3) is 0 Å². The summed E-state index contributed by atoms with van der Waals surface area (Å²) in [7, 11) is 0. The number of rotatable bonds is 5. The molecule has 0 spiro atoms. The van der Waals surface area contributed by atoms with Gasteiger partial charge in [-0.2, -0.15) is 0 Å². The second kappa shape index (κ2) is 6.69. The molecular weight excluding hydrogens is 282 g/mol. The second-order valence-electron chi connectivity index (χ2n) is 5.73. The number of aryl methyl sites for hydroxylation is 2. The van der Waals surface area contributed by atoms with Gasteiger partial charge in [-0.3, -0.25) is 0 Å². The van der Waals surface area contributed by atoms with E-state index in [1.54, 1.807) is 6.33 Å². The first-order valence-corrected chi connectivity index (χ1v) is 8.20. The largest absolute Gasteiger partial charge is 0.364 e. The Bertz CT molecular complexity index is 807. The molecule has 0 bridgehead atoms. The van der Waals surface area contributed by atoms with Crippen molar-refractivity contribution in [3.05, 3.63) is 65.5 Å². The maximum absolute atomic E-state index is 4.40. The van der Waals surface area contributed by atoms with Crippen molar-refractivity contribution in [3.63, 3.8) is 0 Å². The molecule has 0 atom stereocenters. The molecule has 118 valence electrons. The Balaban J connectivity index is 2.13. The van der Waals surface area contributed by atoms with Gasteiger partial charge in [0.15, 0.2) is 0 Å². The average Bonchev–Trinajstić information content (AvgIpc) is 3.23. The van der Waals surface area contributed by atoms with Gasteiger partial charge in [-0.15, -0.1) is 0 Å². The lowest BCUT2D eigenvalue weighted by Gasteiger charge is -2.09. The number of H-pyrrole nitrogens is 2. The lowest BCUT2D eigenvalue weighted by molar-refractivity contribution is 1.14. The van der Waals surface area contributed by atoms with Crippen molar-refractivity contribution in [1.29, 1.82) is 0 Å². The fourth-order valence-corrected chi connectivity index (χ4v) is 3.01. The molecule has 0 saturated carbocycles. The smallest absolute Gasteiger partial charge is 0.0927 e. The monoisotopic (exact) mass is 305 g/mol. The summed E-state index contributed by atoms with van der Waals surface area (Å²) in [6.45, 7) is 6.50. The molecule has 0 fully saturated rings. The molecule has 0 aliphatic rings. The van der Waals surface area contributed by atoms with Gasteiger partial charge in [-0.05, 0) is 42.5 Å². The number of hydrogen-bond donors (Lipinski definition) is 2. The number of benzene rings is 1. The predicted molar refractivity (Wildman–Crippen MR) is 97.1 cm³/mol. The molecule has 3 aromatic rings. The summed E-state index contributed by atoms with van der Waals surface area (Å²) in [5.41, 5.74) is 8.65. The molecule has 2 aromatic heterocycles. The number of nitrogens with one attached hydrogen (secondary N) is 2. The van der Waals surface area contributed by atoms with Crippen molar-refractivity contribution in [1.82, 2.24) is 15.0 Å². The first-order chi connectivity index (χ1) is 11.2. The minimum atomic E-state index is 0.949. The third kappa shape index (κ3) is 3.00. The molecule has 2 heterocycles. The number of aromatic amines is 2. The van der Waals surface area contributed by atoms with E-state index in [1.165, 1.54) is 33.5 Å². The molecule has 2 N–H and O–H groups in total. The zero-order valence-corrected chi connectivity index (χ0v) is 14.0. The molecule has 3 nitrogen and oxygen atoms in total. The molecule has 0 aliphatic carbocycles.